The van der Waals surface area contributed by atoms with Gasteiger partial charge >= 0.3 is 5.97 Å². The first kappa shape index (κ1) is 34.7. The van der Waals surface area contributed by atoms with Gasteiger partial charge in [0.05, 0.1) is 22.2 Å². The molecule has 0 aliphatic rings. The summed E-state index contributed by atoms with van der Waals surface area (Å²) in [6.45, 7) is 13.1. The minimum atomic E-state index is -0.322. The lowest BCUT2D eigenvalue weighted by Gasteiger charge is -2.33. The van der Waals surface area contributed by atoms with E-state index >= 15 is 0 Å². The Morgan fingerprint density at radius 2 is 1.82 bits per heavy atom. The van der Waals surface area contributed by atoms with E-state index in [2.05, 4.69) is 29.4 Å². The quantitative estimate of drug-likeness (QED) is 0.111. The molecular formula is C30H48ClN3O4S. The molecule has 2 atom stereocenters. The molecule has 220 valence electrons. The van der Waals surface area contributed by atoms with Crippen molar-refractivity contribution in [2.45, 2.75) is 73.1 Å². The molecule has 0 bridgehead atoms. The first-order chi connectivity index (χ1) is 18.6. The molecule has 0 spiro atoms. The van der Waals surface area contributed by atoms with Crippen LogP contribution in [-0.4, -0.2) is 56.0 Å². The minimum absolute atomic E-state index is 0.0799. The number of rotatable bonds is 19. The van der Waals surface area contributed by atoms with E-state index in [0.717, 1.165) is 50.9 Å². The molecule has 0 fully saturated rings. The lowest BCUT2D eigenvalue weighted by atomic mass is 9.90. The molecule has 1 heterocycles. The summed E-state index contributed by atoms with van der Waals surface area (Å²) in [6.07, 6.45) is 11.0. The van der Waals surface area contributed by atoms with Crippen LogP contribution in [0.1, 0.15) is 82.8 Å². The lowest BCUT2D eigenvalue weighted by Crippen LogP contribution is -2.36. The summed E-state index contributed by atoms with van der Waals surface area (Å²) >= 11 is 7.14. The summed E-state index contributed by atoms with van der Waals surface area (Å²) in [5.41, 5.74) is 0.976. The van der Waals surface area contributed by atoms with Gasteiger partial charge in [-0.1, -0.05) is 57.4 Å². The van der Waals surface area contributed by atoms with Crippen molar-refractivity contribution in [3.63, 3.8) is 0 Å². The average molecular weight is 582 g/mol. The summed E-state index contributed by atoms with van der Waals surface area (Å²) in [6, 6.07) is 3.45. The first-order valence-electron chi connectivity index (χ1n) is 14.1. The van der Waals surface area contributed by atoms with Crippen molar-refractivity contribution in [1.29, 1.82) is 0 Å². The standard InChI is InChI=1S/C30H48ClN3O4S/c1-7-9-14-24(28(22(3)4)30(37)38-6)34(8-2)20-18-23(5)21-33-27(35)15-12-10-11-13-19-32-29(36)25-16-17-26(31)39-25/h7,9,14,16-17,22-23,28H,8,10-13,15,18-21H2,1-6H3,(H,32,36)(H,33,35). The van der Waals surface area contributed by atoms with Crippen LogP contribution in [0.25, 0.3) is 0 Å². The molecule has 2 unspecified atom stereocenters. The molecule has 0 aromatic carbocycles. The number of carbonyl (C=O) groups is 3. The van der Waals surface area contributed by atoms with Crippen molar-refractivity contribution in [2.24, 2.45) is 17.8 Å². The number of amides is 2. The number of ether oxygens (including phenoxy) is 1. The van der Waals surface area contributed by atoms with Crippen molar-refractivity contribution in [3.8, 4) is 0 Å². The van der Waals surface area contributed by atoms with Gasteiger partial charge in [-0.3, -0.25) is 14.4 Å². The van der Waals surface area contributed by atoms with Crippen molar-refractivity contribution in [3.05, 3.63) is 45.3 Å². The van der Waals surface area contributed by atoms with Crippen LogP contribution in [0.2, 0.25) is 4.34 Å². The third kappa shape index (κ3) is 13.5. The molecule has 1 aromatic heterocycles. The molecule has 0 aliphatic carbocycles. The van der Waals surface area contributed by atoms with Crippen LogP contribution in [-0.2, 0) is 14.3 Å². The van der Waals surface area contributed by atoms with E-state index in [1.54, 1.807) is 12.1 Å². The highest BCUT2D eigenvalue weighted by molar-refractivity contribution is 7.18. The number of methoxy groups -OCH3 is 1. The Morgan fingerprint density at radius 3 is 2.41 bits per heavy atom. The smallest absolute Gasteiger partial charge is 0.314 e. The van der Waals surface area contributed by atoms with Gasteiger partial charge in [0.2, 0.25) is 5.91 Å². The van der Waals surface area contributed by atoms with Crippen molar-refractivity contribution in [2.75, 3.05) is 33.3 Å². The van der Waals surface area contributed by atoms with E-state index in [-0.39, 0.29) is 29.6 Å². The first-order valence-corrected chi connectivity index (χ1v) is 15.3. The predicted octanol–water partition coefficient (Wildman–Crippen LogP) is 6.45. The molecule has 7 nitrogen and oxygen atoms in total. The molecule has 2 N–H and O–H groups in total. The monoisotopic (exact) mass is 581 g/mol. The Bertz CT molecular complexity index is 944. The minimum Gasteiger partial charge on any atom is -0.468 e. The maximum absolute atomic E-state index is 12.6. The molecule has 1 rings (SSSR count). The van der Waals surface area contributed by atoms with Gasteiger partial charge in [-0.05, 0) is 63.2 Å². The van der Waals surface area contributed by atoms with Crippen LogP contribution in [0, 0.1) is 17.8 Å². The summed E-state index contributed by atoms with van der Waals surface area (Å²) in [7, 11) is 1.44. The Labute approximate surface area is 244 Å². The van der Waals surface area contributed by atoms with Crippen molar-refractivity contribution >= 4 is 40.7 Å². The number of unbranched alkanes of at least 4 members (excludes halogenated alkanes) is 3. The molecule has 0 radical (unpaired) electrons. The Balaban J connectivity index is 2.35. The van der Waals surface area contributed by atoms with E-state index in [1.165, 1.54) is 18.4 Å². The highest BCUT2D eigenvalue weighted by atomic mass is 35.5. The Hall–Kier alpha value is -2.32. The molecule has 2 amide bonds. The summed E-state index contributed by atoms with van der Waals surface area (Å²) in [4.78, 5) is 39.7. The number of esters is 1. The van der Waals surface area contributed by atoms with Gasteiger partial charge in [0.15, 0.2) is 0 Å². The van der Waals surface area contributed by atoms with Crippen LogP contribution in [0.4, 0.5) is 0 Å². The fourth-order valence-corrected chi connectivity index (χ4v) is 5.24. The Kier molecular flexibility index (Phi) is 17.5. The second-order valence-corrected chi connectivity index (χ2v) is 11.9. The van der Waals surface area contributed by atoms with Gasteiger partial charge in [-0.2, -0.15) is 0 Å². The zero-order valence-corrected chi connectivity index (χ0v) is 26.1. The predicted molar refractivity (Wildman–Crippen MR) is 162 cm³/mol. The van der Waals surface area contributed by atoms with Gasteiger partial charge in [-0.15, -0.1) is 11.3 Å². The number of thiophene rings is 1. The number of hydrogen-bond acceptors (Lipinski definition) is 6. The molecule has 9 heteroatoms. The topological polar surface area (TPSA) is 87.7 Å². The average Bonchev–Trinajstić information content (AvgIpc) is 3.35. The largest absolute Gasteiger partial charge is 0.468 e. The molecule has 1 aromatic rings. The van der Waals surface area contributed by atoms with Gasteiger partial charge in [0.1, 0.15) is 0 Å². The molecular weight excluding hydrogens is 534 g/mol. The van der Waals surface area contributed by atoms with E-state index < -0.39 is 0 Å². The maximum Gasteiger partial charge on any atom is 0.314 e. The fraction of sp³-hybridized carbons (Fsp3) is 0.633. The molecule has 0 saturated heterocycles. The molecule has 0 aliphatic heterocycles. The SMILES string of the molecule is CC=CC=C(C(C(=O)OC)C(C)C)N(CC)CCC(C)CNC(=O)CCCCCCNC(=O)c1ccc(Cl)s1. The zero-order chi connectivity index (χ0) is 29.2. The lowest BCUT2D eigenvalue weighted by molar-refractivity contribution is -0.146. The number of nitrogens with zero attached hydrogens (tertiary/aromatic N) is 1. The number of hydrogen-bond donors (Lipinski definition) is 2. The number of nitrogens with one attached hydrogen (secondary N) is 2. The van der Waals surface area contributed by atoms with E-state index in [1.807, 2.05) is 39.0 Å². The zero-order valence-electron chi connectivity index (χ0n) is 24.6. The van der Waals surface area contributed by atoms with Gasteiger partial charge in [0.25, 0.3) is 5.91 Å². The second-order valence-electron chi connectivity index (χ2n) is 10.2. The van der Waals surface area contributed by atoms with Crippen molar-refractivity contribution < 1.29 is 19.1 Å². The van der Waals surface area contributed by atoms with Crippen LogP contribution in [0.15, 0.2) is 36.1 Å². The summed E-state index contributed by atoms with van der Waals surface area (Å²) < 4.78 is 5.72. The summed E-state index contributed by atoms with van der Waals surface area (Å²) in [5, 5.41) is 5.98. The highest BCUT2D eigenvalue weighted by Crippen LogP contribution is 2.26. The molecule has 0 saturated carbocycles. The van der Waals surface area contributed by atoms with Gasteiger partial charge in [-0.25, -0.2) is 0 Å². The van der Waals surface area contributed by atoms with E-state index in [9.17, 15) is 14.4 Å². The van der Waals surface area contributed by atoms with Gasteiger partial charge in [0, 0.05) is 38.3 Å². The van der Waals surface area contributed by atoms with Crippen LogP contribution in [0.3, 0.4) is 0 Å². The normalized spacial score (nSPS) is 13.4. The third-order valence-corrected chi connectivity index (χ3v) is 7.83. The number of halogens is 1. The second kappa shape index (κ2) is 19.7. The van der Waals surface area contributed by atoms with Crippen molar-refractivity contribution in [1.82, 2.24) is 15.5 Å². The van der Waals surface area contributed by atoms with Gasteiger partial charge < -0.3 is 20.3 Å². The van der Waals surface area contributed by atoms with E-state index in [0.29, 0.717) is 34.6 Å². The Morgan fingerprint density at radius 1 is 1.10 bits per heavy atom. The third-order valence-electron chi connectivity index (χ3n) is 6.60. The highest BCUT2D eigenvalue weighted by Gasteiger charge is 2.30. The molecule has 39 heavy (non-hydrogen) atoms. The number of carbonyl (C=O) groups excluding carboxylic acids is 3. The van der Waals surface area contributed by atoms with Crippen LogP contribution < -0.4 is 10.6 Å². The van der Waals surface area contributed by atoms with Crippen LogP contribution in [0.5, 0.6) is 0 Å². The fourth-order valence-electron chi connectivity index (χ4n) is 4.28. The maximum atomic E-state index is 12.6. The van der Waals surface area contributed by atoms with E-state index in [4.69, 9.17) is 16.3 Å². The van der Waals surface area contributed by atoms with Crippen LogP contribution >= 0.6 is 22.9 Å². The number of allylic oxidation sites excluding steroid dienone is 3. The summed E-state index contributed by atoms with van der Waals surface area (Å²) in [5.74, 6) is -0.120.